The van der Waals surface area contributed by atoms with Gasteiger partial charge in [0.2, 0.25) is 5.91 Å². The third-order valence-corrected chi connectivity index (χ3v) is 4.26. The van der Waals surface area contributed by atoms with Crippen LogP contribution < -0.4 is 16.0 Å². The third kappa shape index (κ3) is 2.51. The van der Waals surface area contributed by atoms with Gasteiger partial charge in [0.15, 0.2) is 0 Å². The van der Waals surface area contributed by atoms with Crippen LogP contribution in [0.25, 0.3) is 0 Å². The standard InChI is InChI=1S/C15H21N3O/c1-16-15(12-6-7-17-9-12)11-2-4-13-10(8-11)3-5-14(19)18-13/h2,4,8,12,15-17H,3,5-7,9H2,1H3,(H,18,19). The molecule has 4 heteroatoms. The van der Waals surface area contributed by atoms with Crippen molar-refractivity contribution < 1.29 is 4.79 Å². The van der Waals surface area contributed by atoms with Crippen LogP contribution in [0.2, 0.25) is 0 Å². The van der Waals surface area contributed by atoms with Gasteiger partial charge in [-0.15, -0.1) is 0 Å². The fourth-order valence-electron chi connectivity index (χ4n) is 3.23. The molecule has 2 heterocycles. The van der Waals surface area contributed by atoms with E-state index < -0.39 is 0 Å². The van der Waals surface area contributed by atoms with E-state index in [0.717, 1.165) is 25.2 Å². The Morgan fingerprint density at radius 3 is 3.00 bits per heavy atom. The highest BCUT2D eigenvalue weighted by molar-refractivity contribution is 5.93. The van der Waals surface area contributed by atoms with Gasteiger partial charge in [-0.25, -0.2) is 0 Å². The number of aryl methyl sites for hydroxylation is 1. The minimum Gasteiger partial charge on any atom is -0.326 e. The van der Waals surface area contributed by atoms with E-state index in [4.69, 9.17) is 0 Å². The predicted octanol–water partition coefficient (Wildman–Crippen LogP) is 1.44. The molecule has 19 heavy (non-hydrogen) atoms. The van der Waals surface area contributed by atoms with Gasteiger partial charge in [-0.2, -0.15) is 0 Å². The maximum absolute atomic E-state index is 11.4. The summed E-state index contributed by atoms with van der Waals surface area (Å²) in [5, 5.41) is 9.82. The Bertz CT molecular complexity index is 480. The quantitative estimate of drug-likeness (QED) is 0.770. The maximum Gasteiger partial charge on any atom is 0.224 e. The van der Waals surface area contributed by atoms with Crippen LogP contribution in [0.3, 0.4) is 0 Å². The van der Waals surface area contributed by atoms with Crippen molar-refractivity contribution >= 4 is 11.6 Å². The second kappa shape index (κ2) is 5.31. The molecule has 2 aliphatic heterocycles. The lowest BCUT2D eigenvalue weighted by Gasteiger charge is -2.25. The van der Waals surface area contributed by atoms with Gasteiger partial charge in [-0.3, -0.25) is 4.79 Å². The van der Waals surface area contributed by atoms with E-state index >= 15 is 0 Å². The third-order valence-electron chi connectivity index (χ3n) is 4.26. The number of rotatable bonds is 3. The molecule has 1 aromatic carbocycles. The topological polar surface area (TPSA) is 53.2 Å². The van der Waals surface area contributed by atoms with Crippen LogP contribution in [-0.4, -0.2) is 26.0 Å². The number of hydrogen-bond acceptors (Lipinski definition) is 3. The molecule has 1 aromatic rings. The molecule has 0 saturated carbocycles. The molecule has 0 radical (unpaired) electrons. The highest BCUT2D eigenvalue weighted by Crippen LogP contribution is 2.31. The van der Waals surface area contributed by atoms with Crippen LogP contribution in [-0.2, 0) is 11.2 Å². The first-order chi connectivity index (χ1) is 9.28. The lowest BCUT2D eigenvalue weighted by atomic mass is 9.89. The number of anilines is 1. The van der Waals surface area contributed by atoms with E-state index in [9.17, 15) is 4.79 Å². The summed E-state index contributed by atoms with van der Waals surface area (Å²) in [4.78, 5) is 11.4. The summed E-state index contributed by atoms with van der Waals surface area (Å²) in [5.74, 6) is 0.784. The van der Waals surface area contributed by atoms with Crippen molar-refractivity contribution in [1.82, 2.24) is 10.6 Å². The first-order valence-electron chi connectivity index (χ1n) is 7.08. The highest BCUT2D eigenvalue weighted by atomic mass is 16.1. The van der Waals surface area contributed by atoms with E-state index in [1.807, 2.05) is 7.05 Å². The van der Waals surface area contributed by atoms with Crippen LogP contribution in [0.4, 0.5) is 5.69 Å². The van der Waals surface area contributed by atoms with Crippen molar-refractivity contribution in [1.29, 1.82) is 0 Å². The molecule has 2 aliphatic rings. The van der Waals surface area contributed by atoms with Crippen molar-refractivity contribution in [2.75, 3.05) is 25.5 Å². The van der Waals surface area contributed by atoms with Crippen LogP contribution in [0.1, 0.15) is 30.0 Å². The van der Waals surface area contributed by atoms with E-state index in [0.29, 0.717) is 18.4 Å². The highest BCUT2D eigenvalue weighted by Gasteiger charge is 2.26. The minimum atomic E-state index is 0.130. The summed E-state index contributed by atoms with van der Waals surface area (Å²) in [7, 11) is 2.03. The normalized spacial score (nSPS) is 23.8. The predicted molar refractivity (Wildman–Crippen MR) is 76.2 cm³/mol. The summed E-state index contributed by atoms with van der Waals surface area (Å²) in [6.07, 6.45) is 2.68. The maximum atomic E-state index is 11.4. The smallest absolute Gasteiger partial charge is 0.224 e. The van der Waals surface area contributed by atoms with Gasteiger partial charge in [0.1, 0.15) is 0 Å². The van der Waals surface area contributed by atoms with Crippen molar-refractivity contribution in [3.05, 3.63) is 29.3 Å². The van der Waals surface area contributed by atoms with Crippen molar-refractivity contribution in [2.45, 2.75) is 25.3 Å². The van der Waals surface area contributed by atoms with Gasteiger partial charge in [0.05, 0.1) is 0 Å². The van der Waals surface area contributed by atoms with Crippen molar-refractivity contribution in [2.24, 2.45) is 5.92 Å². The molecule has 2 unspecified atom stereocenters. The van der Waals surface area contributed by atoms with E-state index in [1.54, 1.807) is 0 Å². The molecule has 0 bridgehead atoms. The molecule has 3 N–H and O–H groups in total. The van der Waals surface area contributed by atoms with E-state index in [-0.39, 0.29) is 5.91 Å². The van der Waals surface area contributed by atoms with E-state index in [2.05, 4.69) is 34.1 Å². The zero-order valence-corrected chi connectivity index (χ0v) is 11.3. The van der Waals surface area contributed by atoms with Crippen LogP contribution in [0.15, 0.2) is 18.2 Å². The number of benzene rings is 1. The van der Waals surface area contributed by atoms with Crippen molar-refractivity contribution in [3.63, 3.8) is 0 Å². The Kier molecular flexibility index (Phi) is 3.53. The first kappa shape index (κ1) is 12.6. The largest absolute Gasteiger partial charge is 0.326 e. The molecular weight excluding hydrogens is 238 g/mol. The number of amides is 1. The average Bonchev–Trinajstić information content (AvgIpc) is 2.93. The minimum absolute atomic E-state index is 0.130. The summed E-state index contributed by atoms with van der Waals surface area (Å²) in [5.41, 5.74) is 3.59. The number of fused-ring (bicyclic) bond motifs is 1. The van der Waals surface area contributed by atoms with Gasteiger partial charge in [-0.1, -0.05) is 12.1 Å². The Labute approximate surface area is 114 Å². The summed E-state index contributed by atoms with van der Waals surface area (Å²) in [6, 6.07) is 6.85. The van der Waals surface area contributed by atoms with E-state index in [1.165, 1.54) is 17.5 Å². The second-order valence-corrected chi connectivity index (χ2v) is 5.48. The fourth-order valence-corrected chi connectivity index (χ4v) is 3.23. The van der Waals surface area contributed by atoms with Gasteiger partial charge in [0.25, 0.3) is 0 Å². The van der Waals surface area contributed by atoms with Crippen LogP contribution in [0, 0.1) is 5.92 Å². The monoisotopic (exact) mass is 259 g/mol. The average molecular weight is 259 g/mol. The molecule has 1 saturated heterocycles. The molecule has 1 fully saturated rings. The summed E-state index contributed by atoms with van der Waals surface area (Å²) >= 11 is 0. The molecule has 0 spiro atoms. The van der Waals surface area contributed by atoms with Crippen LogP contribution >= 0.6 is 0 Å². The zero-order chi connectivity index (χ0) is 13.2. The molecule has 4 nitrogen and oxygen atoms in total. The molecule has 1 amide bonds. The molecule has 0 aliphatic carbocycles. The number of carbonyl (C=O) groups excluding carboxylic acids is 1. The number of nitrogens with one attached hydrogen (secondary N) is 3. The molecular formula is C15H21N3O. The Morgan fingerprint density at radius 2 is 2.26 bits per heavy atom. The van der Waals surface area contributed by atoms with Gasteiger partial charge in [0, 0.05) is 18.2 Å². The first-order valence-corrected chi connectivity index (χ1v) is 7.08. The lowest BCUT2D eigenvalue weighted by Crippen LogP contribution is -2.27. The summed E-state index contributed by atoms with van der Waals surface area (Å²) in [6.45, 7) is 2.20. The number of carbonyl (C=O) groups is 1. The second-order valence-electron chi connectivity index (χ2n) is 5.48. The fraction of sp³-hybridized carbons (Fsp3) is 0.533. The Hall–Kier alpha value is -1.39. The molecule has 102 valence electrons. The molecule has 0 aromatic heterocycles. The molecule has 3 rings (SSSR count). The lowest BCUT2D eigenvalue weighted by molar-refractivity contribution is -0.116. The van der Waals surface area contributed by atoms with Gasteiger partial charge < -0.3 is 16.0 Å². The zero-order valence-electron chi connectivity index (χ0n) is 11.3. The molecule has 2 atom stereocenters. The van der Waals surface area contributed by atoms with Crippen molar-refractivity contribution in [3.8, 4) is 0 Å². The summed E-state index contributed by atoms with van der Waals surface area (Å²) < 4.78 is 0. The Balaban J connectivity index is 1.85. The van der Waals surface area contributed by atoms with Gasteiger partial charge in [-0.05, 0) is 56.1 Å². The van der Waals surface area contributed by atoms with Crippen LogP contribution in [0.5, 0.6) is 0 Å². The van der Waals surface area contributed by atoms with Gasteiger partial charge >= 0.3 is 0 Å². The number of hydrogen-bond donors (Lipinski definition) is 3. The SMILES string of the molecule is CNC(c1ccc2c(c1)CCC(=O)N2)C1CCNC1. The Morgan fingerprint density at radius 1 is 1.37 bits per heavy atom.